The molecule has 0 saturated heterocycles. The zero-order valence-electron chi connectivity index (χ0n) is 15.3. The Morgan fingerprint density at radius 1 is 1.07 bits per heavy atom. The lowest BCUT2D eigenvalue weighted by Crippen LogP contribution is -2.27. The predicted molar refractivity (Wildman–Crippen MR) is 107 cm³/mol. The van der Waals surface area contributed by atoms with E-state index in [1.165, 1.54) is 31.2 Å². The number of carbonyl (C=O) groups excluding carboxylic acids is 1. The molecule has 7 nitrogen and oxygen atoms in total. The molecule has 0 unspecified atom stereocenters. The molecule has 144 valence electrons. The number of carbonyl (C=O) groups is 1. The Hall–Kier alpha value is -3.32. The van der Waals surface area contributed by atoms with Crippen molar-refractivity contribution in [3.05, 3.63) is 70.2 Å². The van der Waals surface area contributed by atoms with Gasteiger partial charge in [-0.2, -0.15) is 0 Å². The lowest BCUT2D eigenvalue weighted by Gasteiger charge is -2.11. The highest BCUT2D eigenvalue weighted by molar-refractivity contribution is 6.30. The highest BCUT2D eigenvalue weighted by Gasteiger charge is 2.09. The van der Waals surface area contributed by atoms with Crippen molar-refractivity contribution in [2.24, 2.45) is 0 Å². The summed E-state index contributed by atoms with van der Waals surface area (Å²) in [6.45, 7) is -0.174. The first kappa shape index (κ1) is 19.4. The number of ether oxygens (including phenoxy) is 2. The lowest BCUT2D eigenvalue weighted by molar-refractivity contribution is -0.116. The second-order valence-corrected chi connectivity index (χ2v) is 6.33. The van der Waals surface area contributed by atoms with Gasteiger partial charge >= 0.3 is 0 Å². The third-order valence-corrected chi connectivity index (χ3v) is 4.22. The Morgan fingerprint density at radius 2 is 1.71 bits per heavy atom. The molecule has 0 aliphatic rings. The number of aromatic nitrogens is 2. The number of rotatable bonds is 6. The third-order valence-electron chi connectivity index (χ3n) is 3.97. The van der Waals surface area contributed by atoms with Gasteiger partial charge in [-0.15, -0.1) is 0 Å². The van der Waals surface area contributed by atoms with Crippen LogP contribution >= 0.6 is 11.6 Å². The number of nitrogens with one attached hydrogen (secondary N) is 1. The molecule has 2 aromatic carbocycles. The molecule has 1 amide bonds. The number of anilines is 1. The maximum absolute atomic E-state index is 12.3. The van der Waals surface area contributed by atoms with Crippen molar-refractivity contribution in [1.82, 2.24) is 9.55 Å². The van der Waals surface area contributed by atoms with E-state index in [1.54, 1.807) is 42.5 Å². The SMILES string of the molecule is COc1cc(NC(=O)Cn2cnc(-c3ccc(Cl)cc3)cc2=O)cc(OC)c1. The molecular formula is C20H18ClN3O4. The van der Waals surface area contributed by atoms with Crippen LogP contribution in [0, 0.1) is 0 Å². The van der Waals surface area contributed by atoms with Gasteiger partial charge in [0.1, 0.15) is 18.0 Å². The van der Waals surface area contributed by atoms with Gasteiger partial charge in [-0.1, -0.05) is 23.7 Å². The summed E-state index contributed by atoms with van der Waals surface area (Å²) in [4.78, 5) is 28.9. The minimum Gasteiger partial charge on any atom is -0.497 e. The van der Waals surface area contributed by atoms with Crippen molar-refractivity contribution in [2.45, 2.75) is 6.54 Å². The summed E-state index contributed by atoms with van der Waals surface area (Å²) >= 11 is 5.87. The molecule has 1 aromatic heterocycles. The van der Waals surface area contributed by atoms with E-state index in [4.69, 9.17) is 21.1 Å². The first-order chi connectivity index (χ1) is 13.5. The number of methoxy groups -OCH3 is 2. The average molecular weight is 400 g/mol. The predicted octanol–water partition coefficient (Wildman–Crippen LogP) is 3.22. The number of amides is 1. The van der Waals surface area contributed by atoms with Crippen LogP contribution in [-0.4, -0.2) is 29.7 Å². The molecule has 0 radical (unpaired) electrons. The Morgan fingerprint density at radius 3 is 2.29 bits per heavy atom. The molecule has 3 aromatic rings. The molecular weight excluding hydrogens is 382 g/mol. The fourth-order valence-electron chi connectivity index (χ4n) is 2.56. The van der Waals surface area contributed by atoms with Gasteiger partial charge in [0, 0.05) is 40.5 Å². The zero-order chi connectivity index (χ0) is 20.1. The van der Waals surface area contributed by atoms with E-state index in [2.05, 4.69) is 10.3 Å². The molecule has 1 heterocycles. The molecule has 3 rings (SSSR count). The normalized spacial score (nSPS) is 10.4. The van der Waals surface area contributed by atoms with E-state index < -0.39 is 0 Å². The summed E-state index contributed by atoms with van der Waals surface area (Å²) in [5.41, 5.74) is 1.44. The molecule has 8 heteroatoms. The second kappa shape index (κ2) is 8.58. The summed E-state index contributed by atoms with van der Waals surface area (Å²) in [5.74, 6) is 0.708. The van der Waals surface area contributed by atoms with Crippen LogP contribution in [0.2, 0.25) is 5.02 Å². The Bertz CT molecular complexity index is 1030. The van der Waals surface area contributed by atoms with Crippen molar-refractivity contribution < 1.29 is 14.3 Å². The van der Waals surface area contributed by atoms with Crippen LogP contribution in [0.1, 0.15) is 0 Å². The quantitative estimate of drug-likeness (QED) is 0.688. The van der Waals surface area contributed by atoms with Gasteiger partial charge in [-0.05, 0) is 12.1 Å². The Labute approximate surface area is 166 Å². The van der Waals surface area contributed by atoms with Gasteiger partial charge < -0.3 is 14.8 Å². The first-order valence-electron chi connectivity index (χ1n) is 8.34. The molecule has 1 N–H and O–H groups in total. The molecule has 28 heavy (non-hydrogen) atoms. The van der Waals surface area contributed by atoms with E-state index in [0.29, 0.717) is 27.9 Å². The Balaban J connectivity index is 1.74. The van der Waals surface area contributed by atoms with E-state index >= 15 is 0 Å². The largest absolute Gasteiger partial charge is 0.497 e. The Kier molecular flexibility index (Phi) is 5.96. The second-order valence-electron chi connectivity index (χ2n) is 5.90. The third kappa shape index (κ3) is 4.69. The maximum atomic E-state index is 12.3. The summed E-state index contributed by atoms with van der Waals surface area (Å²) in [5, 5.41) is 3.32. The van der Waals surface area contributed by atoms with Crippen LogP contribution in [0.5, 0.6) is 11.5 Å². The molecule has 0 saturated carbocycles. The van der Waals surface area contributed by atoms with Crippen molar-refractivity contribution in [2.75, 3.05) is 19.5 Å². The van der Waals surface area contributed by atoms with Gasteiger partial charge in [0.15, 0.2) is 0 Å². The summed E-state index contributed by atoms with van der Waals surface area (Å²) in [7, 11) is 3.04. The highest BCUT2D eigenvalue weighted by atomic mass is 35.5. The van der Waals surface area contributed by atoms with Crippen LogP contribution in [0.4, 0.5) is 5.69 Å². The van der Waals surface area contributed by atoms with E-state index in [0.717, 1.165) is 5.56 Å². The van der Waals surface area contributed by atoms with Gasteiger partial charge in [0.25, 0.3) is 5.56 Å². The van der Waals surface area contributed by atoms with E-state index in [9.17, 15) is 9.59 Å². The standard InChI is InChI=1S/C20H18ClN3O4/c1-27-16-7-15(8-17(9-16)28-2)23-19(25)11-24-12-22-18(10-20(24)26)13-3-5-14(21)6-4-13/h3-10,12H,11H2,1-2H3,(H,23,25). The number of nitrogens with zero attached hydrogens (tertiary/aromatic N) is 2. The van der Waals surface area contributed by atoms with Crippen LogP contribution in [-0.2, 0) is 11.3 Å². The van der Waals surface area contributed by atoms with Crippen LogP contribution in [0.25, 0.3) is 11.3 Å². The number of halogens is 1. The molecule has 0 bridgehead atoms. The molecule has 0 atom stereocenters. The highest BCUT2D eigenvalue weighted by Crippen LogP contribution is 2.25. The number of hydrogen-bond donors (Lipinski definition) is 1. The summed E-state index contributed by atoms with van der Waals surface area (Å²) < 4.78 is 11.6. The fraction of sp³-hybridized carbons (Fsp3) is 0.150. The molecule has 0 spiro atoms. The first-order valence-corrected chi connectivity index (χ1v) is 8.71. The van der Waals surface area contributed by atoms with Crippen LogP contribution in [0.15, 0.2) is 59.7 Å². The van der Waals surface area contributed by atoms with Crippen molar-refractivity contribution in [1.29, 1.82) is 0 Å². The molecule has 0 aliphatic carbocycles. The lowest BCUT2D eigenvalue weighted by atomic mass is 10.1. The average Bonchev–Trinajstić information content (AvgIpc) is 2.69. The van der Waals surface area contributed by atoms with Gasteiger partial charge in [0.2, 0.25) is 5.91 Å². The molecule has 0 fully saturated rings. The van der Waals surface area contributed by atoms with Crippen LogP contribution in [0.3, 0.4) is 0 Å². The maximum Gasteiger partial charge on any atom is 0.254 e. The summed E-state index contributed by atoms with van der Waals surface area (Å²) in [6.07, 6.45) is 1.35. The van der Waals surface area contributed by atoms with E-state index in [-0.39, 0.29) is 18.0 Å². The molecule has 0 aliphatic heterocycles. The zero-order valence-corrected chi connectivity index (χ0v) is 16.1. The van der Waals surface area contributed by atoms with Crippen LogP contribution < -0.4 is 20.3 Å². The van der Waals surface area contributed by atoms with Crippen molar-refractivity contribution >= 4 is 23.2 Å². The minimum absolute atomic E-state index is 0.174. The smallest absolute Gasteiger partial charge is 0.254 e. The van der Waals surface area contributed by atoms with Gasteiger partial charge in [-0.25, -0.2) is 4.98 Å². The number of hydrogen-bond acceptors (Lipinski definition) is 5. The topological polar surface area (TPSA) is 82.5 Å². The van der Waals surface area contributed by atoms with Gasteiger partial charge in [0.05, 0.1) is 26.2 Å². The van der Waals surface area contributed by atoms with Crippen molar-refractivity contribution in [3.63, 3.8) is 0 Å². The number of benzene rings is 2. The van der Waals surface area contributed by atoms with Gasteiger partial charge in [-0.3, -0.25) is 14.2 Å². The minimum atomic E-state index is -0.376. The summed E-state index contributed by atoms with van der Waals surface area (Å²) in [6, 6.07) is 13.4. The monoisotopic (exact) mass is 399 g/mol. The van der Waals surface area contributed by atoms with E-state index in [1.807, 2.05) is 0 Å². The fourth-order valence-corrected chi connectivity index (χ4v) is 2.68. The van der Waals surface area contributed by atoms with Crippen molar-refractivity contribution in [3.8, 4) is 22.8 Å².